The first-order valence-corrected chi connectivity index (χ1v) is 7.20. The highest BCUT2D eigenvalue weighted by Gasteiger charge is 2.28. The molecule has 23 heavy (non-hydrogen) atoms. The first-order valence-electron chi connectivity index (χ1n) is 7.20. The summed E-state index contributed by atoms with van der Waals surface area (Å²) in [7, 11) is 0. The monoisotopic (exact) mass is 310 g/mol. The van der Waals surface area contributed by atoms with E-state index in [2.05, 4.69) is 16.4 Å². The van der Waals surface area contributed by atoms with Gasteiger partial charge < -0.3 is 20.5 Å². The molecule has 1 aliphatic heterocycles. The number of nitrogens with zero attached hydrogens (tertiary/aromatic N) is 1. The Morgan fingerprint density at radius 1 is 1.35 bits per heavy atom. The maximum atomic E-state index is 11.6. The van der Waals surface area contributed by atoms with Crippen molar-refractivity contribution in [2.24, 2.45) is 10.7 Å². The number of rotatable bonds is 5. The number of carbonyl (C=O) groups is 1. The van der Waals surface area contributed by atoms with Crippen LogP contribution in [-0.4, -0.2) is 25.1 Å². The zero-order valence-electron chi connectivity index (χ0n) is 12.4. The van der Waals surface area contributed by atoms with E-state index in [4.69, 9.17) is 15.2 Å². The van der Waals surface area contributed by atoms with Gasteiger partial charge in [-0.15, -0.1) is 0 Å². The molecule has 2 aromatic rings. The lowest BCUT2D eigenvalue weighted by atomic mass is 10.1. The van der Waals surface area contributed by atoms with Crippen molar-refractivity contribution in [3.8, 4) is 5.75 Å². The topological polar surface area (TPSA) is 85.9 Å². The van der Waals surface area contributed by atoms with Gasteiger partial charge in [0.05, 0.1) is 12.2 Å². The smallest absolute Gasteiger partial charge is 0.291 e. The molecule has 1 aliphatic rings. The van der Waals surface area contributed by atoms with Gasteiger partial charge in [-0.1, -0.05) is 24.3 Å². The van der Waals surface area contributed by atoms with E-state index < -0.39 is 12.0 Å². The molecule has 1 radical (unpaired) electrons. The van der Waals surface area contributed by atoms with Crippen LogP contribution in [-0.2, 0) is 9.53 Å². The maximum Gasteiger partial charge on any atom is 0.291 e. The number of para-hydroxylation sites is 1. The molecule has 2 aromatic carbocycles. The summed E-state index contributed by atoms with van der Waals surface area (Å²) in [5.74, 6) is 0.220. The third-order valence-corrected chi connectivity index (χ3v) is 3.25. The summed E-state index contributed by atoms with van der Waals surface area (Å²) >= 11 is 0. The van der Waals surface area contributed by atoms with Gasteiger partial charge in [-0.2, -0.15) is 4.99 Å². The summed E-state index contributed by atoms with van der Waals surface area (Å²) in [6.07, 6.45) is -0.863. The van der Waals surface area contributed by atoms with Crippen LogP contribution in [0.2, 0.25) is 0 Å². The largest absolute Gasteiger partial charge is 0.492 e. The predicted molar refractivity (Wildman–Crippen MR) is 85.3 cm³/mol. The number of primary amides is 1. The molecular formula is C17H16N3O3. The SMILES string of the molecule is NC(=O)C1OC(NCCOc2ccccc2)=Nc2cc[c]cc21. The second kappa shape index (κ2) is 6.83. The minimum absolute atomic E-state index is 0.254. The summed E-state index contributed by atoms with van der Waals surface area (Å²) in [6, 6.07) is 17.8. The van der Waals surface area contributed by atoms with Crippen LogP contribution in [0.4, 0.5) is 5.69 Å². The minimum atomic E-state index is -0.863. The Kier molecular flexibility index (Phi) is 4.42. The number of carbonyl (C=O) groups excluding carboxylic acids is 1. The Balaban J connectivity index is 1.60. The van der Waals surface area contributed by atoms with E-state index in [0.717, 1.165) is 5.75 Å². The fourth-order valence-corrected chi connectivity index (χ4v) is 2.19. The van der Waals surface area contributed by atoms with Gasteiger partial charge in [0.1, 0.15) is 12.4 Å². The van der Waals surface area contributed by atoms with Crippen molar-refractivity contribution in [1.29, 1.82) is 0 Å². The fraction of sp³-hybridized carbons (Fsp3) is 0.176. The van der Waals surface area contributed by atoms with Gasteiger partial charge in [-0.05, 0) is 30.3 Å². The van der Waals surface area contributed by atoms with Crippen molar-refractivity contribution in [2.75, 3.05) is 13.2 Å². The van der Waals surface area contributed by atoms with E-state index >= 15 is 0 Å². The van der Waals surface area contributed by atoms with Crippen LogP contribution in [0.25, 0.3) is 0 Å². The summed E-state index contributed by atoms with van der Waals surface area (Å²) in [5, 5.41) is 3.00. The fourth-order valence-electron chi connectivity index (χ4n) is 2.19. The highest BCUT2D eigenvalue weighted by Crippen LogP contribution is 2.31. The molecule has 1 atom stereocenters. The maximum absolute atomic E-state index is 11.6. The van der Waals surface area contributed by atoms with Crippen molar-refractivity contribution >= 4 is 17.6 Å². The van der Waals surface area contributed by atoms with Crippen LogP contribution < -0.4 is 15.8 Å². The minimum Gasteiger partial charge on any atom is -0.492 e. The Labute approximate surface area is 133 Å². The molecule has 0 bridgehead atoms. The summed E-state index contributed by atoms with van der Waals surface area (Å²) in [4.78, 5) is 15.9. The lowest BCUT2D eigenvalue weighted by molar-refractivity contribution is -0.125. The first kappa shape index (κ1) is 14.9. The van der Waals surface area contributed by atoms with E-state index in [1.807, 2.05) is 30.3 Å². The molecule has 0 aliphatic carbocycles. The van der Waals surface area contributed by atoms with Gasteiger partial charge in [-0.3, -0.25) is 4.79 Å². The van der Waals surface area contributed by atoms with Crippen LogP contribution in [0.5, 0.6) is 5.75 Å². The highest BCUT2D eigenvalue weighted by molar-refractivity contribution is 5.89. The second-order valence-corrected chi connectivity index (χ2v) is 4.89. The molecule has 3 rings (SSSR count). The summed E-state index contributed by atoms with van der Waals surface area (Å²) in [5.41, 5.74) is 6.65. The zero-order chi connectivity index (χ0) is 16.1. The van der Waals surface area contributed by atoms with Crippen LogP contribution in [0.1, 0.15) is 11.7 Å². The second-order valence-electron chi connectivity index (χ2n) is 4.89. The number of hydrogen-bond donors (Lipinski definition) is 2. The highest BCUT2D eigenvalue weighted by atomic mass is 16.5. The average Bonchev–Trinajstić information content (AvgIpc) is 2.59. The van der Waals surface area contributed by atoms with E-state index in [1.165, 1.54) is 0 Å². The average molecular weight is 310 g/mol. The molecule has 3 N–H and O–H groups in total. The zero-order valence-corrected chi connectivity index (χ0v) is 12.4. The van der Waals surface area contributed by atoms with Crippen LogP contribution >= 0.6 is 0 Å². The number of amidine groups is 1. The van der Waals surface area contributed by atoms with Gasteiger partial charge in [0, 0.05) is 5.56 Å². The lowest BCUT2D eigenvalue weighted by Gasteiger charge is -2.23. The predicted octanol–water partition coefficient (Wildman–Crippen LogP) is 1.70. The van der Waals surface area contributed by atoms with Crippen LogP contribution in [0, 0.1) is 6.07 Å². The molecule has 6 nitrogen and oxygen atoms in total. The Morgan fingerprint density at radius 3 is 2.96 bits per heavy atom. The summed E-state index contributed by atoms with van der Waals surface area (Å²) < 4.78 is 11.1. The van der Waals surface area contributed by atoms with Gasteiger partial charge in [0.2, 0.25) is 6.10 Å². The third-order valence-electron chi connectivity index (χ3n) is 3.25. The number of nitrogens with one attached hydrogen (secondary N) is 1. The van der Waals surface area contributed by atoms with Crippen molar-refractivity contribution in [3.63, 3.8) is 0 Å². The van der Waals surface area contributed by atoms with Gasteiger partial charge >= 0.3 is 0 Å². The van der Waals surface area contributed by atoms with E-state index in [9.17, 15) is 4.79 Å². The summed E-state index contributed by atoms with van der Waals surface area (Å²) in [6.45, 7) is 0.913. The normalized spacial score (nSPS) is 15.8. The molecular weight excluding hydrogens is 294 g/mol. The quantitative estimate of drug-likeness (QED) is 0.823. The van der Waals surface area contributed by atoms with Crippen molar-refractivity contribution in [2.45, 2.75) is 6.10 Å². The molecule has 0 fully saturated rings. The Bertz CT molecular complexity index is 716. The van der Waals surface area contributed by atoms with Crippen molar-refractivity contribution in [1.82, 2.24) is 5.32 Å². The number of nitrogens with two attached hydrogens (primary N) is 1. The number of amides is 1. The van der Waals surface area contributed by atoms with E-state index in [0.29, 0.717) is 24.4 Å². The number of aliphatic imine (C=N–C) groups is 1. The van der Waals surface area contributed by atoms with Crippen LogP contribution in [0.15, 0.2) is 53.5 Å². The Morgan fingerprint density at radius 2 is 2.17 bits per heavy atom. The number of benzene rings is 2. The third kappa shape index (κ3) is 3.60. The van der Waals surface area contributed by atoms with Gasteiger partial charge in [0.25, 0.3) is 11.9 Å². The van der Waals surface area contributed by atoms with Crippen LogP contribution in [0.3, 0.4) is 0 Å². The molecule has 0 aromatic heterocycles. The molecule has 0 spiro atoms. The number of ether oxygens (including phenoxy) is 2. The molecule has 1 unspecified atom stereocenters. The standard InChI is InChI=1S/C17H16N3O3/c18-16(21)15-13-8-4-5-9-14(13)20-17(23-15)19-10-11-22-12-6-2-1-3-7-12/h1-3,5-9,15H,10-11H2,(H2,18,21)(H,19,20). The molecule has 0 saturated carbocycles. The van der Waals surface area contributed by atoms with E-state index in [-0.39, 0.29) is 6.02 Å². The molecule has 117 valence electrons. The van der Waals surface area contributed by atoms with E-state index in [1.54, 1.807) is 18.2 Å². The van der Waals surface area contributed by atoms with Crippen molar-refractivity contribution < 1.29 is 14.3 Å². The molecule has 1 amide bonds. The van der Waals surface area contributed by atoms with Gasteiger partial charge in [0.15, 0.2) is 0 Å². The molecule has 0 saturated heterocycles. The van der Waals surface area contributed by atoms with Gasteiger partial charge in [-0.25, -0.2) is 0 Å². The molecule has 6 heteroatoms. The number of hydrogen-bond acceptors (Lipinski definition) is 5. The first-order chi connectivity index (χ1) is 11.2. The Hall–Kier alpha value is -3.02. The number of fused-ring (bicyclic) bond motifs is 1. The molecule has 1 heterocycles. The van der Waals surface area contributed by atoms with Crippen molar-refractivity contribution in [3.05, 3.63) is 60.2 Å². The lowest BCUT2D eigenvalue weighted by Crippen LogP contribution is -2.36.